The standard InChI is InChI=1S/C57H88N16O19/c1-27(2)19-36(68-50(85)39(22-32-24-61-26-63-32)71-54(89)45(58)30(6)75)47(82)64-29(5)55(90)73-18-8-10-42(73)53(88)70-38(21-31-11-13-33(76)14-12-31)49(84)72-41(25-74)52(87)69-40(23-44(79)80)51(86)65-34(15-16-43(77)78)46(81)67-37(20-28(3)4)48(83)66-35(56(91)92)9-7-17-62-57(59)60/h11-14,24,26-30,34-42,45,74-76H,7-10,15-23,25,58H2,1-6H3,(H,61,63)(H,64,82)(H,65,86)(H,66,83)(H,67,81)(H,68,85)(H,69,87)(H,70,88)(H,71,89)(H,72,84)(H,77,78)(H,79,80)(H,91,92)(H4,59,60,62)/t29-,30+,34-,35-,36-,37-,38-,39-,40-,41-,42-,45-/m0/s1. The van der Waals surface area contributed by atoms with Crippen LogP contribution in [0.5, 0.6) is 5.75 Å². The number of carbonyl (C=O) groups excluding carboxylic acids is 10. The summed E-state index contributed by atoms with van der Waals surface area (Å²) in [6.45, 7) is 8.33. The number of amides is 10. The predicted octanol–water partition coefficient (Wildman–Crippen LogP) is -5.46. The van der Waals surface area contributed by atoms with E-state index >= 15 is 0 Å². The molecule has 0 aliphatic carbocycles. The van der Waals surface area contributed by atoms with Crippen molar-refractivity contribution in [2.75, 3.05) is 19.7 Å². The Morgan fingerprint density at radius 2 is 1.13 bits per heavy atom. The number of carbonyl (C=O) groups is 13. The Morgan fingerprint density at radius 1 is 0.630 bits per heavy atom. The molecule has 1 aliphatic heterocycles. The minimum absolute atomic E-state index is 0.000283. The summed E-state index contributed by atoms with van der Waals surface area (Å²) in [5.74, 6) is -15.6. The first-order valence-corrected chi connectivity index (χ1v) is 29.8. The average Bonchev–Trinajstić information content (AvgIpc) is 1.60. The molecular weight excluding hydrogens is 1210 g/mol. The number of aromatic hydroxyl groups is 1. The van der Waals surface area contributed by atoms with Crippen molar-refractivity contribution in [2.45, 2.75) is 185 Å². The lowest BCUT2D eigenvalue weighted by molar-refractivity contribution is -0.142. The zero-order valence-electron chi connectivity index (χ0n) is 52.0. The van der Waals surface area contributed by atoms with E-state index in [4.69, 9.17) is 17.2 Å². The van der Waals surface area contributed by atoms with Gasteiger partial charge in [-0.25, -0.2) is 9.78 Å². The molecule has 0 bridgehead atoms. The van der Waals surface area contributed by atoms with E-state index in [2.05, 4.69) is 62.8 Å². The molecule has 22 N–H and O–H groups in total. The number of H-pyrrole nitrogens is 1. The van der Waals surface area contributed by atoms with Gasteiger partial charge in [0.2, 0.25) is 59.1 Å². The lowest BCUT2D eigenvalue weighted by Crippen LogP contribution is -2.61. The highest BCUT2D eigenvalue weighted by molar-refractivity contribution is 6.00. The quantitative estimate of drug-likeness (QED) is 0.0169. The molecule has 3 rings (SSSR count). The van der Waals surface area contributed by atoms with E-state index in [0.717, 1.165) is 0 Å². The highest BCUT2D eigenvalue weighted by Crippen LogP contribution is 2.21. The number of imidazole rings is 1. The molecule has 1 saturated heterocycles. The summed E-state index contributed by atoms with van der Waals surface area (Å²) in [5, 5.41) is 81.1. The molecular formula is C57H88N16O19. The van der Waals surface area contributed by atoms with Crippen LogP contribution in [0.4, 0.5) is 0 Å². The van der Waals surface area contributed by atoms with Gasteiger partial charge in [-0.2, -0.15) is 0 Å². The molecule has 2 heterocycles. The molecule has 0 unspecified atom stereocenters. The monoisotopic (exact) mass is 1300 g/mol. The summed E-state index contributed by atoms with van der Waals surface area (Å²) in [7, 11) is 0. The van der Waals surface area contributed by atoms with Crippen molar-refractivity contribution < 1.29 is 93.0 Å². The number of benzene rings is 1. The van der Waals surface area contributed by atoms with Crippen molar-refractivity contribution in [1.82, 2.24) is 62.7 Å². The second kappa shape index (κ2) is 37.6. The number of aliphatic imine (C=N–C) groups is 1. The second-order valence-corrected chi connectivity index (χ2v) is 23.1. The van der Waals surface area contributed by atoms with Crippen LogP contribution in [-0.2, 0) is 75.2 Å². The summed E-state index contributed by atoms with van der Waals surface area (Å²) in [4.78, 5) is 186. The van der Waals surface area contributed by atoms with Gasteiger partial charge in [0, 0.05) is 44.2 Å². The molecule has 10 amide bonds. The minimum atomic E-state index is -2.10. The molecule has 35 heteroatoms. The lowest BCUT2D eigenvalue weighted by atomic mass is 10.0. The third-order valence-corrected chi connectivity index (χ3v) is 14.4. The smallest absolute Gasteiger partial charge is 0.326 e. The zero-order valence-corrected chi connectivity index (χ0v) is 52.0. The molecule has 1 fully saturated rings. The molecule has 0 spiro atoms. The summed E-state index contributed by atoms with van der Waals surface area (Å²) in [6.07, 6.45) is -1.34. The highest BCUT2D eigenvalue weighted by Gasteiger charge is 2.40. The van der Waals surface area contributed by atoms with Gasteiger partial charge in [-0.15, -0.1) is 0 Å². The van der Waals surface area contributed by atoms with Crippen molar-refractivity contribution in [3.63, 3.8) is 0 Å². The molecule has 2 aromatic rings. The molecule has 0 radical (unpaired) electrons. The third kappa shape index (κ3) is 26.1. The molecule has 12 atom stereocenters. The maximum Gasteiger partial charge on any atom is 0.326 e. The van der Waals surface area contributed by atoms with Crippen LogP contribution in [0.2, 0.25) is 0 Å². The van der Waals surface area contributed by atoms with Gasteiger partial charge in [0.1, 0.15) is 72.2 Å². The topological polar surface area (TPSA) is 574 Å². The molecule has 35 nitrogen and oxygen atoms in total. The Bertz CT molecular complexity index is 2910. The predicted molar refractivity (Wildman–Crippen MR) is 324 cm³/mol. The third-order valence-electron chi connectivity index (χ3n) is 14.4. The first-order valence-electron chi connectivity index (χ1n) is 29.8. The van der Waals surface area contributed by atoms with Gasteiger partial charge in [0.05, 0.1) is 25.5 Å². The number of aliphatic carboxylic acids is 3. The van der Waals surface area contributed by atoms with Gasteiger partial charge in [0.25, 0.3) is 0 Å². The van der Waals surface area contributed by atoms with Crippen LogP contribution in [0.25, 0.3) is 0 Å². The number of nitrogens with two attached hydrogens (primary N) is 3. The van der Waals surface area contributed by atoms with Gasteiger partial charge in [-0.05, 0) is 88.3 Å². The first kappa shape index (κ1) is 76.7. The maximum absolute atomic E-state index is 14.3. The Labute approximate surface area is 529 Å². The van der Waals surface area contributed by atoms with E-state index in [9.17, 15) is 93.0 Å². The number of hydrogen-bond donors (Lipinski definition) is 19. The summed E-state index contributed by atoms with van der Waals surface area (Å²) in [6, 6.07) is -11.7. The Hall–Kier alpha value is -9.51. The van der Waals surface area contributed by atoms with E-state index in [1.165, 1.54) is 55.5 Å². The van der Waals surface area contributed by atoms with Crippen LogP contribution in [0.1, 0.15) is 111 Å². The molecule has 1 aliphatic rings. The first-order chi connectivity index (χ1) is 43.2. The van der Waals surface area contributed by atoms with Crippen LogP contribution in [0, 0.1) is 11.8 Å². The minimum Gasteiger partial charge on any atom is -0.508 e. The van der Waals surface area contributed by atoms with Crippen LogP contribution in [0.3, 0.4) is 0 Å². The number of phenols is 1. The summed E-state index contributed by atoms with van der Waals surface area (Å²) in [5.41, 5.74) is 17.2. The second-order valence-electron chi connectivity index (χ2n) is 23.1. The molecule has 510 valence electrons. The van der Waals surface area contributed by atoms with Crippen LogP contribution in [0.15, 0.2) is 41.8 Å². The van der Waals surface area contributed by atoms with E-state index in [1.807, 2.05) is 0 Å². The number of aliphatic hydroxyl groups excluding tert-OH is 2. The van der Waals surface area contributed by atoms with Crippen LogP contribution in [-0.4, -0.2) is 221 Å². The highest BCUT2D eigenvalue weighted by atomic mass is 16.4. The molecule has 1 aromatic heterocycles. The normalized spacial score (nSPS) is 16.4. The summed E-state index contributed by atoms with van der Waals surface area (Å²) < 4.78 is 0. The number of phenolic OH excluding ortho intramolecular Hbond substituents is 1. The number of likely N-dealkylation sites (tertiary alicyclic amines) is 1. The number of nitrogens with zero attached hydrogens (tertiary/aromatic N) is 3. The average molecular weight is 1300 g/mol. The molecule has 1 aromatic carbocycles. The van der Waals surface area contributed by atoms with Gasteiger partial charge in [-0.3, -0.25) is 62.5 Å². The van der Waals surface area contributed by atoms with Crippen molar-refractivity contribution in [3.8, 4) is 5.75 Å². The van der Waals surface area contributed by atoms with Crippen molar-refractivity contribution in [3.05, 3.63) is 48.0 Å². The van der Waals surface area contributed by atoms with Crippen molar-refractivity contribution in [1.29, 1.82) is 0 Å². The fourth-order valence-corrected chi connectivity index (χ4v) is 9.50. The van der Waals surface area contributed by atoms with E-state index in [-0.39, 0.29) is 88.0 Å². The van der Waals surface area contributed by atoms with Crippen molar-refractivity contribution in [2.24, 2.45) is 34.0 Å². The fourth-order valence-electron chi connectivity index (χ4n) is 9.50. The Kier molecular flexibility index (Phi) is 31.4. The number of rotatable bonds is 39. The van der Waals surface area contributed by atoms with E-state index < -0.39 is 175 Å². The van der Waals surface area contributed by atoms with E-state index in [1.54, 1.807) is 27.7 Å². The number of aliphatic hydroxyl groups is 2. The Balaban J connectivity index is 1.84. The number of guanidine groups is 1. The van der Waals surface area contributed by atoms with Crippen molar-refractivity contribution >= 4 is 82.9 Å². The number of hydrogen-bond acceptors (Lipinski definition) is 19. The van der Waals surface area contributed by atoms with Gasteiger partial charge < -0.3 is 106 Å². The number of carboxylic acid groups (broad SMARTS) is 3. The van der Waals surface area contributed by atoms with Crippen LogP contribution < -0.4 is 65.1 Å². The SMILES string of the molecule is CC(C)C[C@H](NC(=O)[C@H](Cc1cnc[nH]1)NC(=O)[C@@H](N)[C@@H](C)O)C(=O)N[C@@H](C)C(=O)N1CCC[C@H]1C(=O)N[C@@H](Cc1ccc(O)cc1)C(=O)N[C@@H](CO)C(=O)N[C@@H](CC(=O)O)C(=O)N[C@@H](CCC(=O)O)C(=O)N[C@@H](CC(C)C)C(=O)N[C@@H](CCCN=C(N)N)C(=O)O. The largest absolute Gasteiger partial charge is 0.508 e. The van der Waals surface area contributed by atoms with Gasteiger partial charge in [-0.1, -0.05) is 39.8 Å². The fraction of sp³-hybridized carbons (Fsp3) is 0.596. The zero-order chi connectivity index (χ0) is 69.1. The lowest BCUT2D eigenvalue weighted by Gasteiger charge is -2.30. The number of carboxylic acids is 3. The summed E-state index contributed by atoms with van der Waals surface area (Å²) >= 11 is 0. The maximum atomic E-state index is 14.3. The van der Waals surface area contributed by atoms with Gasteiger partial charge in [0.15, 0.2) is 5.96 Å². The number of aromatic amines is 1. The number of nitrogens with one attached hydrogen (secondary N) is 10. The molecule has 92 heavy (non-hydrogen) atoms. The van der Waals surface area contributed by atoms with E-state index in [0.29, 0.717) is 11.3 Å². The molecule has 0 saturated carbocycles. The Morgan fingerprint density at radius 3 is 1.65 bits per heavy atom. The number of aromatic nitrogens is 2. The van der Waals surface area contributed by atoms with Crippen LogP contribution >= 0.6 is 0 Å². The van der Waals surface area contributed by atoms with Gasteiger partial charge >= 0.3 is 17.9 Å².